The van der Waals surface area contributed by atoms with Gasteiger partial charge in [0.2, 0.25) is 0 Å². The van der Waals surface area contributed by atoms with E-state index in [9.17, 15) is 0 Å². The molecule has 0 aliphatic heterocycles. The first-order chi connectivity index (χ1) is 11.8. The zero-order chi connectivity index (χ0) is 16.1. The van der Waals surface area contributed by atoms with Gasteiger partial charge >= 0.3 is 0 Å². The Labute approximate surface area is 145 Å². The summed E-state index contributed by atoms with van der Waals surface area (Å²) in [5, 5.41) is 0. The molecule has 0 heterocycles. The lowest BCUT2D eigenvalue weighted by Crippen LogP contribution is -2.27. The highest BCUT2D eigenvalue weighted by Gasteiger charge is 2.41. The van der Waals surface area contributed by atoms with Crippen LogP contribution in [0.4, 0.5) is 0 Å². The first-order valence-corrected chi connectivity index (χ1v) is 9.64. The van der Waals surface area contributed by atoms with Crippen LogP contribution in [0.3, 0.4) is 0 Å². The minimum atomic E-state index is 0.707. The van der Waals surface area contributed by atoms with Crippen LogP contribution >= 0.6 is 0 Å². The van der Waals surface area contributed by atoms with Crippen molar-refractivity contribution in [2.75, 3.05) is 0 Å². The van der Waals surface area contributed by atoms with Crippen LogP contribution in [0, 0.1) is 11.8 Å². The molecule has 5 rings (SSSR count). The van der Waals surface area contributed by atoms with Crippen molar-refractivity contribution < 1.29 is 0 Å². The molecule has 0 fully saturated rings. The van der Waals surface area contributed by atoms with E-state index in [0.717, 1.165) is 11.8 Å². The molecule has 0 saturated heterocycles. The van der Waals surface area contributed by atoms with Gasteiger partial charge in [-0.25, -0.2) is 0 Å². The van der Waals surface area contributed by atoms with Gasteiger partial charge in [-0.3, -0.25) is 0 Å². The van der Waals surface area contributed by atoms with Gasteiger partial charge in [0.05, 0.1) is 0 Å². The second kappa shape index (κ2) is 5.62. The van der Waals surface area contributed by atoms with Crippen LogP contribution in [0.25, 0.3) is 0 Å². The monoisotopic (exact) mass is 314 g/mol. The lowest BCUT2D eigenvalue weighted by Gasteiger charge is -2.36. The summed E-state index contributed by atoms with van der Waals surface area (Å²) in [4.78, 5) is 0. The van der Waals surface area contributed by atoms with E-state index in [2.05, 4.69) is 55.5 Å². The van der Waals surface area contributed by atoms with Gasteiger partial charge in [-0.15, -0.1) is 0 Å². The highest BCUT2D eigenvalue weighted by atomic mass is 14.4. The molecule has 24 heavy (non-hydrogen) atoms. The van der Waals surface area contributed by atoms with Crippen LogP contribution in [0.1, 0.15) is 56.1 Å². The number of fused-ring (bicyclic) bond motifs is 3. The molecule has 0 nitrogen and oxygen atoms in total. The first kappa shape index (κ1) is 14.5. The van der Waals surface area contributed by atoms with Crippen LogP contribution in [-0.4, -0.2) is 0 Å². The number of hydrogen-bond acceptors (Lipinski definition) is 0. The normalized spacial score (nSPS) is 31.1. The molecule has 0 radical (unpaired) electrons. The van der Waals surface area contributed by atoms with E-state index in [1.807, 2.05) is 0 Å². The molecule has 1 aromatic rings. The molecule has 0 amide bonds. The molecule has 0 spiro atoms. The van der Waals surface area contributed by atoms with E-state index >= 15 is 0 Å². The van der Waals surface area contributed by atoms with Crippen molar-refractivity contribution in [2.45, 2.75) is 51.4 Å². The molecule has 0 heteroatoms. The predicted molar refractivity (Wildman–Crippen MR) is 101 cm³/mol. The summed E-state index contributed by atoms with van der Waals surface area (Å²) >= 11 is 0. The zero-order valence-corrected chi connectivity index (χ0v) is 14.6. The van der Waals surface area contributed by atoms with Gasteiger partial charge in [0.15, 0.2) is 0 Å². The van der Waals surface area contributed by atoms with Gasteiger partial charge in [0.1, 0.15) is 0 Å². The molecule has 3 unspecified atom stereocenters. The van der Waals surface area contributed by atoms with Gasteiger partial charge in [-0.05, 0) is 85.5 Å². The van der Waals surface area contributed by atoms with Gasteiger partial charge in [-0.2, -0.15) is 0 Å². The molecule has 122 valence electrons. The predicted octanol–water partition coefficient (Wildman–Crippen LogP) is 6.28. The Morgan fingerprint density at radius 3 is 2.67 bits per heavy atom. The van der Waals surface area contributed by atoms with Crippen molar-refractivity contribution in [3.05, 3.63) is 82.0 Å². The standard InChI is InChI=1S/C24H26/c1-16-10-11-18(12-16)20-14-23-21-9-5-4-8-19(21)13-22(24(23)15-20)17-6-2-3-7-17/h4-6,8-11,15,22-24H,2-3,7,12-14H2,1H3. The van der Waals surface area contributed by atoms with Crippen LogP contribution < -0.4 is 0 Å². The number of allylic oxidation sites excluding steroid dienone is 8. The minimum Gasteiger partial charge on any atom is -0.0850 e. The summed E-state index contributed by atoms with van der Waals surface area (Å²) in [6.45, 7) is 2.26. The Morgan fingerprint density at radius 1 is 0.958 bits per heavy atom. The Balaban J connectivity index is 1.53. The Kier molecular flexibility index (Phi) is 3.40. The van der Waals surface area contributed by atoms with Crippen molar-refractivity contribution in [3.8, 4) is 0 Å². The van der Waals surface area contributed by atoms with Crippen molar-refractivity contribution >= 4 is 0 Å². The lowest BCUT2D eigenvalue weighted by molar-refractivity contribution is 0.365. The van der Waals surface area contributed by atoms with Crippen molar-refractivity contribution in [3.63, 3.8) is 0 Å². The van der Waals surface area contributed by atoms with Gasteiger partial charge in [-0.1, -0.05) is 59.7 Å². The van der Waals surface area contributed by atoms with Crippen molar-refractivity contribution in [1.29, 1.82) is 0 Å². The molecule has 0 bridgehead atoms. The van der Waals surface area contributed by atoms with E-state index in [0.29, 0.717) is 5.92 Å². The molecule has 0 aromatic heterocycles. The smallest absolute Gasteiger partial charge is 0.00498 e. The van der Waals surface area contributed by atoms with Gasteiger partial charge in [0, 0.05) is 0 Å². The molecule has 3 atom stereocenters. The summed E-state index contributed by atoms with van der Waals surface area (Å²) in [6, 6.07) is 9.25. The molecular formula is C24H26. The fourth-order valence-electron chi connectivity index (χ4n) is 5.49. The van der Waals surface area contributed by atoms with Gasteiger partial charge < -0.3 is 0 Å². The summed E-state index contributed by atoms with van der Waals surface area (Å²) in [7, 11) is 0. The summed E-state index contributed by atoms with van der Waals surface area (Å²) < 4.78 is 0. The first-order valence-electron chi connectivity index (χ1n) is 9.64. The molecule has 0 N–H and O–H groups in total. The fraction of sp³-hybridized carbons (Fsp3) is 0.417. The van der Waals surface area contributed by atoms with Crippen LogP contribution in [0.2, 0.25) is 0 Å². The SMILES string of the molecule is CC1=CC=C(C2=CC3C(C4=CCCC4)Cc4ccccc4C3C2)C1. The Bertz CT molecular complexity index is 799. The van der Waals surface area contributed by atoms with E-state index < -0.39 is 0 Å². The third-order valence-corrected chi connectivity index (χ3v) is 6.66. The lowest BCUT2D eigenvalue weighted by atomic mass is 9.68. The number of hydrogen-bond donors (Lipinski definition) is 0. The maximum atomic E-state index is 2.67. The molecule has 4 aliphatic rings. The number of benzene rings is 1. The fourth-order valence-corrected chi connectivity index (χ4v) is 5.49. The Hall–Kier alpha value is -1.82. The van der Waals surface area contributed by atoms with E-state index in [1.54, 1.807) is 27.8 Å². The maximum absolute atomic E-state index is 2.67. The second-order valence-electron chi connectivity index (χ2n) is 8.14. The largest absolute Gasteiger partial charge is 0.0850 e. The Morgan fingerprint density at radius 2 is 1.88 bits per heavy atom. The topological polar surface area (TPSA) is 0 Å². The summed E-state index contributed by atoms with van der Waals surface area (Å²) in [5.74, 6) is 2.18. The summed E-state index contributed by atoms with van der Waals surface area (Å²) in [6.07, 6.45) is 17.6. The highest BCUT2D eigenvalue weighted by Crippen LogP contribution is 2.53. The second-order valence-corrected chi connectivity index (χ2v) is 8.14. The van der Waals surface area contributed by atoms with Crippen molar-refractivity contribution in [2.24, 2.45) is 11.8 Å². The minimum absolute atomic E-state index is 0.707. The maximum Gasteiger partial charge on any atom is -0.00498 e. The third kappa shape index (κ3) is 2.27. The zero-order valence-electron chi connectivity index (χ0n) is 14.6. The van der Waals surface area contributed by atoms with Crippen LogP contribution in [-0.2, 0) is 6.42 Å². The number of rotatable bonds is 2. The molecular weight excluding hydrogens is 288 g/mol. The molecule has 4 aliphatic carbocycles. The van der Waals surface area contributed by atoms with Gasteiger partial charge in [0.25, 0.3) is 0 Å². The average molecular weight is 314 g/mol. The molecule has 1 aromatic carbocycles. The quantitative estimate of drug-likeness (QED) is 0.564. The van der Waals surface area contributed by atoms with Crippen LogP contribution in [0.5, 0.6) is 0 Å². The summed E-state index contributed by atoms with van der Waals surface area (Å²) in [5.41, 5.74) is 9.73. The van der Waals surface area contributed by atoms with E-state index in [1.165, 1.54) is 44.1 Å². The highest BCUT2D eigenvalue weighted by molar-refractivity contribution is 5.49. The molecule has 0 saturated carbocycles. The van der Waals surface area contributed by atoms with E-state index in [4.69, 9.17) is 0 Å². The van der Waals surface area contributed by atoms with Crippen LogP contribution in [0.15, 0.2) is 70.9 Å². The van der Waals surface area contributed by atoms with Crippen molar-refractivity contribution in [1.82, 2.24) is 0 Å². The average Bonchev–Trinajstić information content (AvgIpc) is 3.34. The van der Waals surface area contributed by atoms with E-state index in [-0.39, 0.29) is 0 Å². The third-order valence-electron chi connectivity index (χ3n) is 6.66.